The summed E-state index contributed by atoms with van der Waals surface area (Å²) in [4.78, 5) is 36.2. The third kappa shape index (κ3) is 5.80. The predicted octanol–water partition coefficient (Wildman–Crippen LogP) is 0.611. The highest BCUT2D eigenvalue weighted by Crippen LogP contribution is 2.13. The average Bonchev–Trinajstić information content (AvgIpc) is 2.94. The molecule has 0 radical (unpaired) electrons. The van der Waals surface area contributed by atoms with Crippen molar-refractivity contribution in [3.8, 4) is 0 Å². The number of amides is 1. The molecule has 0 aliphatic carbocycles. The molecule has 0 saturated carbocycles. The minimum atomic E-state index is -0.338. The van der Waals surface area contributed by atoms with Crippen LogP contribution in [0.3, 0.4) is 0 Å². The predicted molar refractivity (Wildman–Crippen MR) is 144 cm³/mol. The Morgan fingerprint density at radius 3 is 2.34 bits per heavy atom. The molecule has 3 aromatic rings. The van der Waals surface area contributed by atoms with Gasteiger partial charge >= 0.3 is 0 Å². The van der Waals surface area contributed by atoms with Crippen LogP contribution >= 0.6 is 0 Å². The number of hydrogen-bond donors (Lipinski definition) is 2. The molecule has 3 aromatic heterocycles. The zero-order valence-corrected chi connectivity index (χ0v) is 22.1. The van der Waals surface area contributed by atoms with E-state index < -0.39 is 0 Å². The van der Waals surface area contributed by atoms with Gasteiger partial charge in [0, 0.05) is 52.0 Å². The van der Waals surface area contributed by atoms with Crippen molar-refractivity contribution in [3.05, 3.63) is 51.4 Å². The number of carbonyl (C=O) groups excluding carboxylic acids is 1. The van der Waals surface area contributed by atoms with E-state index in [1.165, 1.54) is 10.5 Å². The molecule has 0 bridgehead atoms. The van der Waals surface area contributed by atoms with Crippen molar-refractivity contribution in [2.75, 3.05) is 72.2 Å². The molecule has 0 atom stereocenters. The second-order valence-electron chi connectivity index (χ2n) is 9.97. The van der Waals surface area contributed by atoms with E-state index >= 15 is 0 Å². The van der Waals surface area contributed by atoms with Crippen LogP contribution in [-0.2, 0) is 16.0 Å². The molecule has 2 aliphatic heterocycles. The Labute approximate surface area is 221 Å². The molecule has 2 N–H and O–H groups in total. The fourth-order valence-corrected chi connectivity index (χ4v) is 5.19. The highest BCUT2D eigenvalue weighted by atomic mass is 16.5. The van der Waals surface area contributed by atoms with Gasteiger partial charge in [0.05, 0.1) is 37.4 Å². The molecule has 0 unspecified atom stereocenters. The van der Waals surface area contributed by atoms with Gasteiger partial charge < -0.3 is 19.4 Å². The van der Waals surface area contributed by atoms with E-state index in [1.807, 2.05) is 19.1 Å². The van der Waals surface area contributed by atoms with Crippen LogP contribution in [-0.4, -0.2) is 102 Å². The molecule has 11 heteroatoms. The molecule has 2 aliphatic rings. The van der Waals surface area contributed by atoms with Gasteiger partial charge in [-0.25, -0.2) is 4.98 Å². The largest absolute Gasteiger partial charge is 0.379 e. The van der Waals surface area contributed by atoms with Crippen LogP contribution in [0.25, 0.3) is 16.7 Å². The van der Waals surface area contributed by atoms with Gasteiger partial charge in [-0.15, -0.1) is 0 Å². The van der Waals surface area contributed by atoms with Gasteiger partial charge in [0.2, 0.25) is 0 Å². The van der Waals surface area contributed by atoms with Crippen molar-refractivity contribution in [3.63, 3.8) is 0 Å². The maximum atomic E-state index is 13.5. The van der Waals surface area contributed by atoms with Crippen molar-refractivity contribution >= 4 is 22.6 Å². The number of hydrogen-bond acceptors (Lipinski definition) is 8. The van der Waals surface area contributed by atoms with Crippen molar-refractivity contribution in [2.45, 2.75) is 26.3 Å². The van der Waals surface area contributed by atoms with E-state index in [0.29, 0.717) is 29.8 Å². The normalized spacial score (nSPS) is 17.3. The lowest BCUT2D eigenvalue weighted by atomic mass is 10.1. The number of nitrogens with zero attached hydrogens (tertiary/aromatic N) is 5. The molecule has 5 rings (SSSR count). The number of carbonyl (C=O) groups is 1. The zero-order valence-electron chi connectivity index (χ0n) is 22.1. The van der Waals surface area contributed by atoms with Gasteiger partial charge in [-0.2, -0.15) is 0 Å². The molecule has 5 heterocycles. The van der Waals surface area contributed by atoms with Gasteiger partial charge in [-0.3, -0.25) is 29.2 Å². The van der Waals surface area contributed by atoms with Gasteiger partial charge in [0.1, 0.15) is 16.8 Å². The third-order valence-electron chi connectivity index (χ3n) is 7.38. The molecule has 0 spiro atoms. The first-order valence-electron chi connectivity index (χ1n) is 13.5. The number of pyridine rings is 2. The number of aromatic nitrogens is 3. The summed E-state index contributed by atoms with van der Waals surface area (Å²) >= 11 is 0. The number of aryl methyl sites for hydroxylation is 2. The van der Waals surface area contributed by atoms with E-state index in [-0.39, 0.29) is 22.5 Å². The third-order valence-corrected chi connectivity index (χ3v) is 7.38. The second kappa shape index (κ2) is 12.2. The molecule has 2 saturated heterocycles. The van der Waals surface area contributed by atoms with Crippen LogP contribution < -0.4 is 16.4 Å². The number of nitrogens with one attached hydrogen (secondary N) is 2. The Hall–Kier alpha value is -3.12. The van der Waals surface area contributed by atoms with Gasteiger partial charge in [-0.1, -0.05) is 6.07 Å². The molecular formula is C27H37N7O4. The standard InChI is InChI=1S/C27H37N7O4/c1-20-5-2-9-34-24(20)30-25-22(27(34)36)19-21(26(35)29-6-3-7-31-11-15-37-16-12-31)23(28)33(25)10-4-8-32-13-17-38-18-14-32/h2,5,9,19,28H,3-4,6-8,10-18H2,1H3,(H,29,35). The fraction of sp³-hybridized carbons (Fsp3) is 0.556. The average molecular weight is 524 g/mol. The number of fused-ring (bicyclic) bond motifs is 2. The van der Waals surface area contributed by atoms with Crippen LogP contribution in [0.2, 0.25) is 0 Å². The van der Waals surface area contributed by atoms with Crippen molar-refractivity contribution in [1.29, 1.82) is 5.41 Å². The molecule has 38 heavy (non-hydrogen) atoms. The molecule has 2 fully saturated rings. The van der Waals surface area contributed by atoms with E-state index in [9.17, 15) is 9.59 Å². The highest BCUT2D eigenvalue weighted by molar-refractivity contribution is 5.96. The summed E-state index contributed by atoms with van der Waals surface area (Å²) in [6, 6.07) is 5.27. The van der Waals surface area contributed by atoms with E-state index in [4.69, 9.17) is 19.9 Å². The SMILES string of the molecule is Cc1cccn2c(=O)c3cc(C(=O)NCCCN4CCOCC4)c(=N)n(CCCN4CCOCC4)c3nc12. The summed E-state index contributed by atoms with van der Waals surface area (Å²) in [5, 5.41) is 12.3. The summed E-state index contributed by atoms with van der Waals surface area (Å²) < 4.78 is 14.1. The van der Waals surface area contributed by atoms with Crippen LogP contribution in [0.15, 0.2) is 29.2 Å². The summed E-state index contributed by atoms with van der Waals surface area (Å²) in [7, 11) is 0. The summed E-state index contributed by atoms with van der Waals surface area (Å²) in [6.07, 6.45) is 3.27. The second-order valence-corrected chi connectivity index (χ2v) is 9.97. The lowest BCUT2D eigenvalue weighted by molar-refractivity contribution is 0.0369. The van der Waals surface area contributed by atoms with Crippen molar-refractivity contribution < 1.29 is 14.3 Å². The maximum absolute atomic E-state index is 13.5. The number of rotatable bonds is 9. The first kappa shape index (κ1) is 26.5. The smallest absolute Gasteiger partial charge is 0.267 e. The van der Waals surface area contributed by atoms with Gasteiger partial charge in [0.15, 0.2) is 0 Å². The van der Waals surface area contributed by atoms with Crippen LogP contribution in [0.1, 0.15) is 28.8 Å². The van der Waals surface area contributed by atoms with Gasteiger partial charge in [-0.05, 0) is 44.0 Å². The summed E-state index contributed by atoms with van der Waals surface area (Å²) in [6.45, 7) is 11.2. The Kier molecular flexibility index (Phi) is 8.48. The van der Waals surface area contributed by atoms with Crippen LogP contribution in [0.4, 0.5) is 0 Å². The Balaban J connectivity index is 1.42. The fourth-order valence-electron chi connectivity index (χ4n) is 5.19. The maximum Gasteiger partial charge on any atom is 0.267 e. The van der Waals surface area contributed by atoms with E-state index in [1.54, 1.807) is 10.8 Å². The number of morpholine rings is 2. The Bertz CT molecular complexity index is 1400. The van der Waals surface area contributed by atoms with Crippen molar-refractivity contribution in [2.24, 2.45) is 0 Å². The summed E-state index contributed by atoms with van der Waals surface area (Å²) in [5.74, 6) is -0.338. The zero-order chi connectivity index (χ0) is 26.5. The van der Waals surface area contributed by atoms with E-state index in [2.05, 4.69) is 15.1 Å². The lowest BCUT2D eigenvalue weighted by Crippen LogP contribution is -2.39. The van der Waals surface area contributed by atoms with Crippen LogP contribution in [0, 0.1) is 12.3 Å². The van der Waals surface area contributed by atoms with E-state index in [0.717, 1.165) is 84.1 Å². The molecule has 1 amide bonds. The minimum absolute atomic E-state index is 0.0787. The number of ether oxygens (including phenoxy) is 2. The van der Waals surface area contributed by atoms with Gasteiger partial charge in [0.25, 0.3) is 11.5 Å². The molecule has 11 nitrogen and oxygen atoms in total. The first-order valence-corrected chi connectivity index (χ1v) is 13.5. The lowest BCUT2D eigenvalue weighted by Gasteiger charge is -2.26. The highest BCUT2D eigenvalue weighted by Gasteiger charge is 2.19. The molecule has 0 aromatic carbocycles. The topological polar surface area (TPSA) is 117 Å². The quantitative estimate of drug-likeness (QED) is 0.312. The minimum Gasteiger partial charge on any atom is -0.379 e. The Morgan fingerprint density at radius 1 is 1.00 bits per heavy atom. The van der Waals surface area contributed by atoms with Crippen molar-refractivity contribution in [1.82, 2.24) is 29.1 Å². The Morgan fingerprint density at radius 2 is 1.66 bits per heavy atom. The molecular weight excluding hydrogens is 486 g/mol. The van der Waals surface area contributed by atoms with Crippen LogP contribution in [0.5, 0.6) is 0 Å². The molecule has 204 valence electrons. The first-order chi connectivity index (χ1) is 18.5. The monoisotopic (exact) mass is 523 g/mol. The summed E-state index contributed by atoms with van der Waals surface area (Å²) in [5.41, 5.74) is 1.92.